The van der Waals surface area contributed by atoms with Gasteiger partial charge in [0, 0.05) is 10.0 Å². The van der Waals surface area contributed by atoms with E-state index in [4.69, 9.17) is 23.2 Å². The van der Waals surface area contributed by atoms with Gasteiger partial charge in [-0.3, -0.25) is 0 Å². The van der Waals surface area contributed by atoms with Crippen LogP contribution in [0.5, 0.6) is 0 Å². The molecular weight excluding hydrogens is 422 g/mol. The largest absolute Gasteiger partial charge is 0.464 e. The van der Waals surface area contributed by atoms with Gasteiger partial charge in [0.05, 0.1) is 28.4 Å². The number of methoxy groups -OCH3 is 1. The summed E-state index contributed by atoms with van der Waals surface area (Å²) in [7, 11) is 1.16. The Morgan fingerprint density at radius 2 is 1.87 bits per heavy atom. The molecule has 2 rings (SSSR count). The minimum absolute atomic E-state index is 0.0581. The number of halogens is 6. The van der Waals surface area contributed by atoms with Crippen LogP contribution in [-0.2, 0) is 10.9 Å². The van der Waals surface area contributed by atoms with Crippen molar-refractivity contribution in [2.24, 2.45) is 0 Å². The van der Waals surface area contributed by atoms with Crippen molar-refractivity contribution in [3.8, 4) is 11.3 Å². The van der Waals surface area contributed by atoms with Crippen LogP contribution in [0.1, 0.15) is 16.1 Å². The molecule has 0 spiro atoms. The molecule has 2 aromatic rings. The number of benzene rings is 1. The molecule has 1 aromatic carbocycles. The first-order chi connectivity index (χ1) is 10.6. The highest BCUT2D eigenvalue weighted by atomic mass is 79.9. The highest BCUT2D eigenvalue weighted by molar-refractivity contribution is 9.10. The minimum atomic E-state index is -4.55. The van der Waals surface area contributed by atoms with Gasteiger partial charge in [0.2, 0.25) is 0 Å². The van der Waals surface area contributed by atoms with Gasteiger partial charge >= 0.3 is 12.1 Å². The summed E-state index contributed by atoms with van der Waals surface area (Å²) < 4.78 is 42.9. The average molecular weight is 429 g/mol. The second kappa shape index (κ2) is 6.67. The van der Waals surface area contributed by atoms with Crippen LogP contribution in [-0.4, -0.2) is 18.1 Å². The molecule has 0 aliphatic rings. The number of hydrogen-bond acceptors (Lipinski definition) is 3. The topological polar surface area (TPSA) is 39.2 Å². The van der Waals surface area contributed by atoms with E-state index in [1.54, 1.807) is 0 Å². The Labute approximate surface area is 147 Å². The van der Waals surface area contributed by atoms with Crippen molar-refractivity contribution in [3.05, 3.63) is 50.0 Å². The van der Waals surface area contributed by atoms with Crippen molar-refractivity contribution in [2.45, 2.75) is 6.18 Å². The molecule has 0 atom stereocenters. The van der Waals surface area contributed by atoms with E-state index in [1.165, 1.54) is 18.2 Å². The molecule has 0 aliphatic carbocycles. The maximum atomic E-state index is 12.8. The smallest absolute Gasteiger partial charge is 0.417 e. The fourth-order valence-electron chi connectivity index (χ4n) is 1.79. The number of carbonyl (C=O) groups excluding carboxylic acids is 1. The Balaban J connectivity index is 2.60. The molecule has 0 bridgehead atoms. The highest BCUT2D eigenvalue weighted by Crippen LogP contribution is 2.40. The Bertz CT molecular complexity index is 781. The van der Waals surface area contributed by atoms with Gasteiger partial charge in [-0.05, 0) is 24.3 Å². The third kappa shape index (κ3) is 3.79. The van der Waals surface area contributed by atoms with Gasteiger partial charge in [-0.1, -0.05) is 39.1 Å². The zero-order valence-electron chi connectivity index (χ0n) is 11.3. The molecular formula is C14H7BrCl2F3NO2. The molecule has 0 radical (unpaired) electrons. The first-order valence-corrected chi connectivity index (χ1v) is 7.51. The average Bonchev–Trinajstić information content (AvgIpc) is 2.48. The molecule has 0 N–H and O–H groups in total. The highest BCUT2D eigenvalue weighted by Gasteiger charge is 2.34. The van der Waals surface area contributed by atoms with Gasteiger partial charge in [-0.25, -0.2) is 9.78 Å². The third-order valence-corrected chi connectivity index (χ3v) is 4.14. The van der Waals surface area contributed by atoms with Crippen LogP contribution in [0.15, 0.2) is 28.7 Å². The number of rotatable bonds is 2. The summed E-state index contributed by atoms with van der Waals surface area (Å²) in [5.41, 5.74) is -0.658. The summed E-state index contributed by atoms with van der Waals surface area (Å²) in [6.07, 6.45) is -4.55. The van der Waals surface area contributed by atoms with Crippen molar-refractivity contribution < 1.29 is 22.7 Å². The first kappa shape index (κ1) is 18.0. The van der Waals surface area contributed by atoms with Crippen LogP contribution in [0.2, 0.25) is 10.0 Å². The number of carbonyl (C=O) groups is 1. The zero-order chi connectivity index (χ0) is 17.4. The van der Waals surface area contributed by atoms with Gasteiger partial charge in [-0.2, -0.15) is 13.2 Å². The second-order valence-electron chi connectivity index (χ2n) is 4.33. The summed E-state index contributed by atoms with van der Waals surface area (Å²) in [4.78, 5) is 15.6. The van der Waals surface area contributed by atoms with Crippen LogP contribution >= 0.6 is 39.1 Å². The van der Waals surface area contributed by atoms with E-state index in [0.717, 1.165) is 13.2 Å². The Morgan fingerprint density at radius 1 is 1.22 bits per heavy atom. The van der Waals surface area contributed by atoms with Crippen LogP contribution in [0.4, 0.5) is 13.2 Å². The van der Waals surface area contributed by atoms with E-state index in [-0.39, 0.29) is 31.5 Å². The van der Waals surface area contributed by atoms with E-state index < -0.39 is 17.7 Å². The third-order valence-electron chi connectivity index (χ3n) is 2.86. The van der Waals surface area contributed by atoms with Crippen LogP contribution in [0.3, 0.4) is 0 Å². The Kier molecular flexibility index (Phi) is 5.23. The Morgan fingerprint density at radius 3 is 2.43 bits per heavy atom. The van der Waals surface area contributed by atoms with Crippen molar-refractivity contribution in [1.29, 1.82) is 0 Å². The van der Waals surface area contributed by atoms with E-state index >= 15 is 0 Å². The standard InChI is InChI=1S/C14H7BrCl2F3NO2/c1-23-13(22)12-9(16)2-3-11(21-12)6-4-8(15)7(5-10(6)17)14(18,19)20/h2-5H,1H3. The number of ether oxygens (including phenoxy) is 1. The maximum absolute atomic E-state index is 12.8. The molecule has 0 unspecified atom stereocenters. The lowest BCUT2D eigenvalue weighted by atomic mass is 10.1. The summed E-state index contributed by atoms with van der Waals surface area (Å²) in [5.74, 6) is -0.765. The van der Waals surface area contributed by atoms with Crippen molar-refractivity contribution >= 4 is 45.1 Å². The fraction of sp³-hybridized carbons (Fsp3) is 0.143. The lowest BCUT2D eigenvalue weighted by molar-refractivity contribution is -0.138. The maximum Gasteiger partial charge on any atom is 0.417 e. The summed E-state index contributed by atoms with van der Waals surface area (Å²) in [6, 6.07) is 4.80. The molecule has 23 heavy (non-hydrogen) atoms. The molecule has 3 nitrogen and oxygen atoms in total. The predicted molar refractivity (Wildman–Crippen MR) is 83.7 cm³/mol. The number of esters is 1. The normalized spacial score (nSPS) is 11.4. The summed E-state index contributed by atoms with van der Waals surface area (Å²) in [6.45, 7) is 0. The molecule has 0 amide bonds. The van der Waals surface area contributed by atoms with Crippen molar-refractivity contribution in [2.75, 3.05) is 7.11 Å². The summed E-state index contributed by atoms with van der Waals surface area (Å²) in [5, 5.41) is -0.103. The number of hydrogen-bond donors (Lipinski definition) is 0. The second-order valence-corrected chi connectivity index (χ2v) is 6.00. The molecule has 1 heterocycles. The van der Waals surface area contributed by atoms with Crippen LogP contribution in [0.25, 0.3) is 11.3 Å². The number of aromatic nitrogens is 1. The van der Waals surface area contributed by atoms with Gasteiger partial charge in [-0.15, -0.1) is 0 Å². The molecule has 0 fully saturated rings. The van der Waals surface area contributed by atoms with Gasteiger partial charge < -0.3 is 4.74 Å². The monoisotopic (exact) mass is 427 g/mol. The Hall–Kier alpha value is -1.31. The van der Waals surface area contributed by atoms with Crippen molar-refractivity contribution in [3.63, 3.8) is 0 Å². The molecule has 0 saturated carbocycles. The predicted octanol–water partition coefficient (Wildman–Crippen LogP) is 5.62. The lowest BCUT2D eigenvalue weighted by Crippen LogP contribution is -2.07. The molecule has 0 aliphatic heterocycles. The molecule has 0 saturated heterocycles. The van der Waals surface area contributed by atoms with Gasteiger partial charge in [0.25, 0.3) is 0 Å². The van der Waals surface area contributed by atoms with E-state index in [0.29, 0.717) is 0 Å². The van der Waals surface area contributed by atoms with Crippen molar-refractivity contribution in [1.82, 2.24) is 4.98 Å². The van der Waals surface area contributed by atoms with E-state index in [9.17, 15) is 18.0 Å². The number of alkyl halides is 3. The lowest BCUT2D eigenvalue weighted by Gasteiger charge is -2.13. The van der Waals surface area contributed by atoms with Crippen LogP contribution < -0.4 is 0 Å². The van der Waals surface area contributed by atoms with E-state index in [1.807, 2.05) is 0 Å². The SMILES string of the molecule is COC(=O)c1nc(-c2cc(Br)c(C(F)(F)F)cc2Cl)ccc1Cl. The van der Waals surface area contributed by atoms with Gasteiger partial charge in [0.15, 0.2) is 5.69 Å². The first-order valence-electron chi connectivity index (χ1n) is 5.96. The molecule has 1 aromatic heterocycles. The number of nitrogens with zero attached hydrogens (tertiary/aromatic N) is 1. The molecule has 9 heteroatoms. The summed E-state index contributed by atoms with van der Waals surface area (Å²) >= 11 is 14.7. The zero-order valence-corrected chi connectivity index (χ0v) is 14.4. The molecule has 122 valence electrons. The fourth-order valence-corrected chi connectivity index (χ4v) is 2.80. The van der Waals surface area contributed by atoms with E-state index in [2.05, 4.69) is 25.7 Å². The minimum Gasteiger partial charge on any atom is -0.464 e. The number of pyridine rings is 1. The van der Waals surface area contributed by atoms with Gasteiger partial charge in [0.1, 0.15) is 0 Å². The van der Waals surface area contributed by atoms with Crippen LogP contribution in [0, 0.1) is 0 Å². The quantitative estimate of drug-likeness (QED) is 0.582.